The van der Waals surface area contributed by atoms with Crippen molar-refractivity contribution in [3.8, 4) is 11.3 Å². The summed E-state index contributed by atoms with van der Waals surface area (Å²) in [4.78, 5) is 4.50. The van der Waals surface area contributed by atoms with E-state index >= 15 is 0 Å². The zero-order chi connectivity index (χ0) is 16.4. The molecule has 0 amide bonds. The number of rotatable bonds is 4. The van der Waals surface area contributed by atoms with Gasteiger partial charge in [-0.25, -0.2) is 18.1 Å². The van der Waals surface area contributed by atoms with E-state index in [1.807, 2.05) is 0 Å². The molecule has 3 rings (SSSR count). The van der Waals surface area contributed by atoms with Gasteiger partial charge in [-0.1, -0.05) is 19.1 Å². The molecule has 1 aromatic heterocycles. The molecule has 2 heterocycles. The average Bonchev–Trinajstić information content (AvgIpc) is 2.96. The lowest BCUT2D eigenvalue weighted by molar-refractivity contribution is 0.327. The largest absolute Gasteiger partial charge is 0.449 e. The Bertz CT molecular complexity index is 774. The highest BCUT2D eigenvalue weighted by atomic mass is 35.5. The van der Waals surface area contributed by atoms with Gasteiger partial charge in [0.1, 0.15) is 12.0 Å². The summed E-state index contributed by atoms with van der Waals surface area (Å²) in [7, 11) is -3.52. The topological polar surface area (TPSA) is 84.2 Å². The van der Waals surface area contributed by atoms with Gasteiger partial charge >= 0.3 is 0 Å². The summed E-state index contributed by atoms with van der Waals surface area (Å²) in [5, 5.41) is 3.23. The van der Waals surface area contributed by atoms with Crippen molar-refractivity contribution in [3.05, 3.63) is 36.4 Å². The Morgan fingerprint density at radius 3 is 2.58 bits per heavy atom. The smallest absolute Gasteiger partial charge is 0.240 e. The molecule has 2 atom stereocenters. The van der Waals surface area contributed by atoms with Gasteiger partial charge in [0, 0.05) is 25.1 Å². The van der Waals surface area contributed by atoms with Gasteiger partial charge < -0.3 is 9.73 Å². The van der Waals surface area contributed by atoms with Gasteiger partial charge in [0.25, 0.3) is 0 Å². The third-order valence-corrected chi connectivity index (χ3v) is 5.72. The number of nitrogens with zero attached hydrogens (tertiary/aromatic N) is 1. The molecule has 1 aliphatic heterocycles. The number of hydrogen-bond donors (Lipinski definition) is 2. The molecule has 1 aromatic carbocycles. The number of aryl methyl sites for hydroxylation is 1. The number of aromatic nitrogens is 1. The van der Waals surface area contributed by atoms with Crippen molar-refractivity contribution in [2.24, 2.45) is 5.92 Å². The first-order valence-corrected chi connectivity index (χ1v) is 9.19. The first-order valence-electron chi connectivity index (χ1n) is 7.71. The Kier molecular flexibility index (Phi) is 6.03. The SMILES string of the molecule is Cc1nc(-c2ccc(S(=O)(=O)NC3CNCCC3C)cc2)co1.Cl. The van der Waals surface area contributed by atoms with Crippen LogP contribution in [0.25, 0.3) is 11.3 Å². The number of benzene rings is 1. The number of nitrogens with one attached hydrogen (secondary N) is 2. The fourth-order valence-corrected chi connectivity index (χ4v) is 4.06. The molecule has 0 radical (unpaired) electrons. The van der Waals surface area contributed by atoms with Crippen LogP contribution in [0.4, 0.5) is 0 Å². The summed E-state index contributed by atoms with van der Waals surface area (Å²) in [5.41, 5.74) is 1.53. The van der Waals surface area contributed by atoms with E-state index in [1.54, 1.807) is 37.5 Å². The fourth-order valence-electron chi connectivity index (χ4n) is 2.72. The number of oxazole rings is 1. The van der Waals surface area contributed by atoms with Crippen LogP contribution in [0, 0.1) is 12.8 Å². The molecule has 2 N–H and O–H groups in total. The summed E-state index contributed by atoms with van der Waals surface area (Å²) < 4.78 is 33.0. The molecule has 0 saturated carbocycles. The van der Waals surface area contributed by atoms with E-state index in [9.17, 15) is 8.42 Å². The molecule has 0 bridgehead atoms. The second-order valence-electron chi connectivity index (χ2n) is 5.97. The van der Waals surface area contributed by atoms with Crippen LogP contribution < -0.4 is 10.0 Å². The highest BCUT2D eigenvalue weighted by Crippen LogP contribution is 2.21. The van der Waals surface area contributed by atoms with E-state index in [4.69, 9.17) is 4.42 Å². The molecule has 2 aromatic rings. The normalized spacial score (nSPS) is 21.2. The van der Waals surface area contributed by atoms with Crippen LogP contribution in [0.2, 0.25) is 0 Å². The van der Waals surface area contributed by atoms with Crippen molar-refractivity contribution in [1.29, 1.82) is 0 Å². The van der Waals surface area contributed by atoms with E-state index < -0.39 is 10.0 Å². The molecule has 0 spiro atoms. The first-order chi connectivity index (χ1) is 11.0. The number of halogens is 1. The van der Waals surface area contributed by atoms with Crippen molar-refractivity contribution >= 4 is 22.4 Å². The van der Waals surface area contributed by atoms with E-state index in [-0.39, 0.29) is 23.3 Å². The van der Waals surface area contributed by atoms with Crippen molar-refractivity contribution in [2.45, 2.75) is 31.2 Å². The van der Waals surface area contributed by atoms with Crippen molar-refractivity contribution in [3.63, 3.8) is 0 Å². The van der Waals surface area contributed by atoms with Crippen LogP contribution in [0.15, 0.2) is 39.8 Å². The standard InChI is InChI=1S/C16H21N3O3S.ClH/c1-11-7-8-17-9-15(11)19-23(20,21)14-5-3-13(4-6-14)16-10-22-12(2)18-16;/h3-6,10-11,15,17,19H,7-9H2,1-2H3;1H. The Hall–Kier alpha value is -1.41. The number of piperidine rings is 1. The predicted octanol–water partition coefficient (Wildman–Crippen LogP) is 2.35. The second-order valence-corrected chi connectivity index (χ2v) is 7.69. The molecule has 1 aliphatic rings. The lowest BCUT2D eigenvalue weighted by atomic mass is 9.96. The van der Waals surface area contributed by atoms with Crippen LogP contribution in [0.3, 0.4) is 0 Å². The van der Waals surface area contributed by atoms with Gasteiger partial charge in [0.05, 0.1) is 4.90 Å². The summed E-state index contributed by atoms with van der Waals surface area (Å²) in [5.74, 6) is 0.903. The fraction of sp³-hybridized carbons (Fsp3) is 0.438. The molecule has 6 nitrogen and oxygen atoms in total. The quantitative estimate of drug-likeness (QED) is 0.861. The van der Waals surface area contributed by atoms with E-state index in [2.05, 4.69) is 21.9 Å². The second kappa shape index (κ2) is 7.65. The summed E-state index contributed by atoms with van der Waals surface area (Å²) in [6.45, 7) is 5.44. The third-order valence-electron chi connectivity index (χ3n) is 4.21. The van der Waals surface area contributed by atoms with Crippen molar-refractivity contribution < 1.29 is 12.8 Å². The highest BCUT2D eigenvalue weighted by Gasteiger charge is 2.26. The maximum atomic E-state index is 12.5. The highest BCUT2D eigenvalue weighted by molar-refractivity contribution is 7.89. The predicted molar refractivity (Wildman–Crippen MR) is 94.7 cm³/mol. The molecule has 2 unspecified atom stereocenters. The van der Waals surface area contributed by atoms with Gasteiger partial charge in [0.2, 0.25) is 10.0 Å². The van der Waals surface area contributed by atoms with Gasteiger partial charge in [-0.3, -0.25) is 0 Å². The molecule has 1 fully saturated rings. The monoisotopic (exact) mass is 371 g/mol. The van der Waals surface area contributed by atoms with E-state index in [1.165, 1.54) is 0 Å². The zero-order valence-corrected chi connectivity index (χ0v) is 15.3. The van der Waals surface area contributed by atoms with E-state index in [0.717, 1.165) is 18.5 Å². The van der Waals surface area contributed by atoms with Crippen molar-refractivity contribution in [1.82, 2.24) is 15.0 Å². The lowest BCUT2D eigenvalue weighted by Crippen LogP contribution is -2.50. The maximum Gasteiger partial charge on any atom is 0.240 e. The summed E-state index contributed by atoms with van der Waals surface area (Å²) in [6, 6.07) is 6.61. The molecular weight excluding hydrogens is 350 g/mol. The van der Waals surface area contributed by atoms with Crippen molar-refractivity contribution in [2.75, 3.05) is 13.1 Å². The summed E-state index contributed by atoms with van der Waals surface area (Å²) >= 11 is 0. The van der Waals surface area contributed by atoms with Gasteiger partial charge in [0.15, 0.2) is 5.89 Å². The van der Waals surface area contributed by atoms with Gasteiger partial charge in [-0.2, -0.15) is 0 Å². The van der Waals surface area contributed by atoms with Crippen LogP contribution in [0.1, 0.15) is 19.2 Å². The van der Waals surface area contributed by atoms with E-state index in [0.29, 0.717) is 24.0 Å². The molecular formula is C16H22ClN3O3S. The Labute approximate surface area is 148 Å². The number of sulfonamides is 1. The average molecular weight is 372 g/mol. The van der Waals surface area contributed by atoms with Gasteiger partial charge in [-0.15, -0.1) is 12.4 Å². The van der Waals surface area contributed by atoms with Crippen LogP contribution in [0.5, 0.6) is 0 Å². The third kappa shape index (κ3) is 4.16. The minimum absolute atomic E-state index is 0. The Balaban J connectivity index is 0.00000208. The first kappa shape index (κ1) is 18.9. The summed E-state index contributed by atoms with van der Waals surface area (Å²) in [6.07, 6.45) is 2.53. The van der Waals surface area contributed by atoms with Crippen LogP contribution in [-0.2, 0) is 10.0 Å². The Morgan fingerprint density at radius 1 is 1.29 bits per heavy atom. The van der Waals surface area contributed by atoms with Crippen LogP contribution >= 0.6 is 12.4 Å². The molecule has 24 heavy (non-hydrogen) atoms. The minimum Gasteiger partial charge on any atom is -0.449 e. The van der Waals surface area contributed by atoms with Gasteiger partial charge in [-0.05, 0) is 31.0 Å². The minimum atomic E-state index is -3.52. The zero-order valence-electron chi connectivity index (χ0n) is 13.7. The Morgan fingerprint density at radius 2 is 2.00 bits per heavy atom. The maximum absolute atomic E-state index is 12.5. The molecule has 0 aliphatic carbocycles. The lowest BCUT2D eigenvalue weighted by Gasteiger charge is -2.29. The molecule has 8 heteroatoms. The van der Waals surface area contributed by atoms with Crippen LogP contribution in [-0.4, -0.2) is 32.5 Å². The molecule has 1 saturated heterocycles. The molecule has 132 valence electrons. The number of hydrogen-bond acceptors (Lipinski definition) is 5.